The molecule has 0 saturated carbocycles. The second-order valence-corrected chi connectivity index (χ2v) is 14.5. The Morgan fingerprint density at radius 1 is 0.750 bits per heavy atom. The zero-order valence-corrected chi connectivity index (χ0v) is 37.1. The van der Waals surface area contributed by atoms with Crippen molar-refractivity contribution in [2.75, 3.05) is 72.2 Å². The van der Waals surface area contributed by atoms with Crippen molar-refractivity contribution < 1.29 is 38.1 Å². The first-order valence-electron chi connectivity index (χ1n) is 19.3. The van der Waals surface area contributed by atoms with Gasteiger partial charge in [-0.15, -0.1) is 0 Å². The van der Waals surface area contributed by atoms with Gasteiger partial charge in [0, 0.05) is 48.7 Å². The molecule has 0 aromatic heterocycles. The van der Waals surface area contributed by atoms with Crippen molar-refractivity contribution in [3.8, 4) is 11.5 Å². The number of hydrogen-bond donors (Lipinski definition) is 1. The molecule has 2 fully saturated rings. The SMILES string of the molecule is CCN(CC)CC.COc1cc(C(=O)CC2CCCN(C(=O)OCCl)C2)cc(C)c1C.COc1cc(C(=O)CC2CCCNC2)cc(C)c1C.O=C(Cl)OCCl. The van der Waals surface area contributed by atoms with Crippen molar-refractivity contribution in [1.29, 1.82) is 0 Å². The Hall–Kier alpha value is -3.09. The van der Waals surface area contributed by atoms with Gasteiger partial charge in [0.05, 0.1) is 14.2 Å². The Morgan fingerprint density at radius 2 is 1.23 bits per heavy atom. The molecule has 0 bridgehead atoms. The minimum atomic E-state index is -0.870. The molecule has 14 heteroatoms. The lowest BCUT2D eigenvalue weighted by molar-refractivity contribution is 0.0838. The van der Waals surface area contributed by atoms with Crippen molar-refractivity contribution in [1.82, 2.24) is 15.1 Å². The number of ether oxygens (including phenoxy) is 4. The van der Waals surface area contributed by atoms with Crippen molar-refractivity contribution in [2.45, 2.75) is 87.0 Å². The Kier molecular flexibility index (Phi) is 25.8. The van der Waals surface area contributed by atoms with Gasteiger partial charge < -0.3 is 34.1 Å². The second-order valence-electron chi connectivity index (χ2n) is 13.8. The Morgan fingerprint density at radius 3 is 1.61 bits per heavy atom. The second kappa shape index (κ2) is 28.3. The van der Waals surface area contributed by atoms with Gasteiger partial charge in [-0.2, -0.15) is 0 Å². The van der Waals surface area contributed by atoms with E-state index in [2.05, 4.69) is 47.3 Å². The molecule has 2 heterocycles. The fourth-order valence-corrected chi connectivity index (χ4v) is 6.81. The lowest BCUT2D eigenvalue weighted by Crippen LogP contribution is -2.40. The van der Waals surface area contributed by atoms with E-state index < -0.39 is 11.5 Å². The molecule has 0 spiro atoms. The molecule has 2 aromatic carbocycles. The highest BCUT2D eigenvalue weighted by atomic mass is 35.5. The van der Waals surface area contributed by atoms with Crippen LogP contribution in [0.2, 0.25) is 0 Å². The van der Waals surface area contributed by atoms with Gasteiger partial charge in [-0.25, -0.2) is 9.59 Å². The highest BCUT2D eigenvalue weighted by Gasteiger charge is 2.27. The van der Waals surface area contributed by atoms with E-state index in [1.54, 1.807) is 25.2 Å². The molecular formula is C42H64Cl3N3O8. The third-order valence-corrected chi connectivity index (χ3v) is 10.5. The minimum absolute atomic E-state index is 0.0777. The van der Waals surface area contributed by atoms with Crippen LogP contribution in [0.25, 0.3) is 0 Å². The number of ketones is 2. The first kappa shape index (κ1) is 50.9. The van der Waals surface area contributed by atoms with Crippen LogP contribution in [0.5, 0.6) is 11.5 Å². The van der Waals surface area contributed by atoms with Crippen molar-refractivity contribution >= 4 is 57.9 Å². The van der Waals surface area contributed by atoms with E-state index in [1.807, 2.05) is 45.9 Å². The average Bonchev–Trinajstić information content (AvgIpc) is 3.18. The summed E-state index contributed by atoms with van der Waals surface area (Å²) in [6.07, 6.45) is 4.77. The number of rotatable bonds is 13. The summed E-state index contributed by atoms with van der Waals surface area (Å²) < 4.78 is 19.5. The third kappa shape index (κ3) is 18.4. The fraction of sp³-hybridized carbons (Fsp3) is 0.619. The zero-order chi connectivity index (χ0) is 42.2. The molecular weight excluding hydrogens is 781 g/mol. The van der Waals surface area contributed by atoms with Gasteiger partial charge in [0.15, 0.2) is 23.7 Å². The predicted molar refractivity (Wildman–Crippen MR) is 226 cm³/mol. The largest absolute Gasteiger partial charge is 0.496 e. The number of likely N-dealkylation sites (tertiary alicyclic amines) is 1. The lowest BCUT2D eigenvalue weighted by Gasteiger charge is -2.31. The van der Waals surface area contributed by atoms with E-state index in [9.17, 15) is 19.2 Å². The molecule has 1 N–H and O–H groups in total. The summed E-state index contributed by atoms with van der Waals surface area (Å²) in [6.45, 7) is 21.4. The number of Topliss-reactive ketones (excluding diaryl/α,β-unsaturated/α-hetero) is 2. The number of halogens is 3. The molecule has 0 radical (unpaired) electrons. The molecule has 11 nitrogen and oxygen atoms in total. The predicted octanol–water partition coefficient (Wildman–Crippen LogP) is 9.72. The molecule has 2 aromatic rings. The normalized spacial score (nSPS) is 16.1. The number of hydrogen-bond acceptors (Lipinski definition) is 10. The average molecular weight is 845 g/mol. The Bertz CT molecular complexity index is 1510. The molecule has 2 atom stereocenters. The number of nitrogens with zero attached hydrogens (tertiary/aromatic N) is 2. The van der Waals surface area contributed by atoms with E-state index >= 15 is 0 Å². The van der Waals surface area contributed by atoms with Crippen molar-refractivity contribution in [3.05, 3.63) is 57.6 Å². The van der Waals surface area contributed by atoms with Gasteiger partial charge in [-0.1, -0.05) is 44.0 Å². The van der Waals surface area contributed by atoms with Gasteiger partial charge in [-0.3, -0.25) is 9.59 Å². The molecule has 316 valence electrons. The lowest BCUT2D eigenvalue weighted by atomic mass is 9.90. The van der Waals surface area contributed by atoms with Gasteiger partial charge in [0.1, 0.15) is 11.5 Å². The van der Waals surface area contributed by atoms with Gasteiger partial charge in [0.25, 0.3) is 0 Å². The molecule has 2 unspecified atom stereocenters. The van der Waals surface area contributed by atoms with E-state index in [-0.39, 0.29) is 29.6 Å². The maximum atomic E-state index is 12.6. The number of aryl methyl sites for hydroxylation is 2. The molecule has 0 aliphatic carbocycles. The maximum Gasteiger partial charge on any atom is 0.410 e. The monoisotopic (exact) mass is 843 g/mol. The van der Waals surface area contributed by atoms with E-state index in [1.165, 1.54) is 26.1 Å². The Balaban J connectivity index is 0.000000432. The van der Waals surface area contributed by atoms with E-state index in [0.29, 0.717) is 37.4 Å². The van der Waals surface area contributed by atoms with Gasteiger partial charge in [0.2, 0.25) is 0 Å². The van der Waals surface area contributed by atoms with Crippen LogP contribution in [-0.4, -0.2) is 105 Å². The highest BCUT2D eigenvalue weighted by Crippen LogP contribution is 2.28. The first-order valence-corrected chi connectivity index (χ1v) is 20.8. The highest BCUT2D eigenvalue weighted by molar-refractivity contribution is 6.61. The molecule has 56 heavy (non-hydrogen) atoms. The van der Waals surface area contributed by atoms with Crippen LogP contribution < -0.4 is 14.8 Å². The first-order chi connectivity index (χ1) is 26.7. The van der Waals surface area contributed by atoms with Crippen LogP contribution >= 0.6 is 34.8 Å². The Labute approximate surface area is 350 Å². The number of amides is 1. The smallest absolute Gasteiger partial charge is 0.410 e. The quantitative estimate of drug-likeness (QED) is 0.118. The van der Waals surface area contributed by atoms with E-state index in [4.69, 9.17) is 37.4 Å². The van der Waals surface area contributed by atoms with Gasteiger partial charge in [-0.05, 0) is 144 Å². The summed E-state index contributed by atoms with van der Waals surface area (Å²) in [7, 11) is 3.26. The molecule has 2 aliphatic heterocycles. The number of benzene rings is 2. The summed E-state index contributed by atoms with van der Waals surface area (Å²) in [4.78, 5) is 50.3. The van der Waals surface area contributed by atoms with Crippen LogP contribution in [0.3, 0.4) is 0 Å². The minimum Gasteiger partial charge on any atom is -0.496 e. The van der Waals surface area contributed by atoms with Crippen LogP contribution in [-0.2, 0) is 9.47 Å². The van der Waals surface area contributed by atoms with Crippen molar-refractivity contribution in [3.63, 3.8) is 0 Å². The number of carbonyl (C=O) groups is 4. The number of methoxy groups -OCH3 is 2. The van der Waals surface area contributed by atoms with Crippen LogP contribution in [0.15, 0.2) is 24.3 Å². The third-order valence-electron chi connectivity index (χ3n) is 10.1. The van der Waals surface area contributed by atoms with Crippen molar-refractivity contribution in [2.24, 2.45) is 11.8 Å². The number of nitrogens with one attached hydrogen (secondary N) is 1. The zero-order valence-electron chi connectivity index (χ0n) is 34.9. The standard InChI is InChI=1S/C18H24ClNO4.C16H23NO2.C6H15N.C2H2Cl2O2/c1-12-7-15(9-17(23-3)13(12)2)16(21)8-14-5-4-6-20(10-14)18(22)24-11-19;1-11-7-14(9-16(19-3)12(11)2)15(18)8-13-5-4-6-17-10-13;1-4-7(5-2)6-3;3-1-6-2(4)5/h7,9,14H,4-6,8,10-11H2,1-3H3;7,9,13,17H,4-6,8,10H2,1-3H3;4-6H2,1-3H3;1H2. The van der Waals surface area contributed by atoms with E-state index in [0.717, 1.165) is 71.7 Å². The summed E-state index contributed by atoms with van der Waals surface area (Å²) in [5.41, 5.74) is 4.88. The molecule has 1 amide bonds. The summed E-state index contributed by atoms with van der Waals surface area (Å²) >= 11 is 14.9. The molecule has 2 aliphatic rings. The topological polar surface area (TPSA) is 124 Å². The number of piperidine rings is 2. The van der Waals surface area contributed by atoms with Crippen LogP contribution in [0.1, 0.15) is 102 Å². The van der Waals surface area contributed by atoms with Crippen LogP contribution in [0.4, 0.5) is 9.59 Å². The molecule has 2 saturated heterocycles. The fourth-order valence-electron chi connectivity index (χ4n) is 6.51. The summed E-state index contributed by atoms with van der Waals surface area (Å²) in [6, 6.07) is 7.23. The summed E-state index contributed by atoms with van der Waals surface area (Å²) in [5, 5.41) is 3.36. The number of carbonyl (C=O) groups excluding carboxylic acids is 4. The van der Waals surface area contributed by atoms with Crippen LogP contribution in [0, 0.1) is 39.5 Å². The maximum absolute atomic E-state index is 12.6. The summed E-state index contributed by atoms with van der Waals surface area (Å²) in [5.74, 6) is 2.47. The number of alkyl halides is 2. The van der Waals surface area contributed by atoms with Gasteiger partial charge >= 0.3 is 11.5 Å². The molecule has 4 rings (SSSR count).